The Morgan fingerprint density at radius 3 is 3.14 bits per heavy atom. The number of rotatable bonds is 3. The van der Waals surface area contributed by atoms with E-state index in [2.05, 4.69) is 21.4 Å². The maximum atomic E-state index is 12.3. The number of thiazole rings is 1. The summed E-state index contributed by atoms with van der Waals surface area (Å²) in [6.07, 6.45) is 5.08. The Morgan fingerprint density at radius 2 is 2.36 bits per heavy atom. The van der Waals surface area contributed by atoms with Gasteiger partial charge in [-0.05, 0) is 25.0 Å². The van der Waals surface area contributed by atoms with Gasteiger partial charge in [0.1, 0.15) is 11.9 Å². The van der Waals surface area contributed by atoms with E-state index in [1.54, 1.807) is 24.5 Å². The molecule has 6 nitrogen and oxygen atoms in total. The van der Waals surface area contributed by atoms with E-state index < -0.39 is 0 Å². The van der Waals surface area contributed by atoms with Gasteiger partial charge >= 0.3 is 0 Å². The van der Waals surface area contributed by atoms with E-state index in [4.69, 9.17) is 0 Å². The maximum Gasteiger partial charge on any atom is 0.231 e. The third-order valence-corrected chi connectivity index (χ3v) is 4.35. The summed E-state index contributed by atoms with van der Waals surface area (Å²) < 4.78 is 0. The summed E-state index contributed by atoms with van der Waals surface area (Å²) in [5.41, 5.74) is 0.545. The van der Waals surface area contributed by atoms with Crippen LogP contribution in [0.1, 0.15) is 18.4 Å². The first-order valence-electron chi connectivity index (χ1n) is 7.08. The molecule has 1 fully saturated rings. The van der Waals surface area contributed by atoms with E-state index in [9.17, 15) is 10.1 Å². The number of anilines is 2. The third-order valence-electron chi connectivity index (χ3n) is 3.66. The van der Waals surface area contributed by atoms with Crippen molar-refractivity contribution in [3.63, 3.8) is 0 Å². The molecule has 0 bridgehead atoms. The molecule has 1 amide bonds. The second-order valence-corrected chi connectivity index (χ2v) is 5.99. The summed E-state index contributed by atoms with van der Waals surface area (Å²) in [7, 11) is 0. The molecule has 0 radical (unpaired) electrons. The highest BCUT2D eigenvalue weighted by Crippen LogP contribution is 2.25. The highest BCUT2D eigenvalue weighted by molar-refractivity contribution is 7.13. The summed E-state index contributed by atoms with van der Waals surface area (Å²) >= 11 is 1.41. The van der Waals surface area contributed by atoms with E-state index in [0.717, 1.165) is 19.4 Å². The zero-order chi connectivity index (χ0) is 15.4. The number of nitrogens with zero attached hydrogens (tertiary/aromatic N) is 4. The largest absolute Gasteiger partial charge is 0.355 e. The lowest BCUT2D eigenvalue weighted by molar-refractivity contribution is -0.120. The van der Waals surface area contributed by atoms with Crippen LogP contribution in [0.2, 0.25) is 0 Å². The van der Waals surface area contributed by atoms with E-state index in [1.165, 1.54) is 11.3 Å². The van der Waals surface area contributed by atoms with Crippen LogP contribution in [0.5, 0.6) is 0 Å². The Bertz CT molecular complexity index is 694. The quantitative estimate of drug-likeness (QED) is 0.940. The molecule has 1 saturated heterocycles. The average molecular weight is 313 g/mol. The van der Waals surface area contributed by atoms with Crippen LogP contribution < -0.4 is 10.2 Å². The normalized spacial score (nSPS) is 17.8. The lowest BCUT2D eigenvalue weighted by Gasteiger charge is -2.33. The second-order valence-electron chi connectivity index (χ2n) is 5.10. The van der Waals surface area contributed by atoms with Crippen LogP contribution in [0.4, 0.5) is 10.9 Å². The number of piperidine rings is 1. The topological polar surface area (TPSA) is 81.9 Å². The monoisotopic (exact) mass is 313 g/mol. The van der Waals surface area contributed by atoms with Gasteiger partial charge < -0.3 is 10.2 Å². The second kappa shape index (κ2) is 6.54. The molecule has 1 N–H and O–H groups in total. The summed E-state index contributed by atoms with van der Waals surface area (Å²) in [6, 6.07) is 5.66. The van der Waals surface area contributed by atoms with Gasteiger partial charge in [-0.3, -0.25) is 4.79 Å². The molecular formula is C15H15N5OS. The lowest BCUT2D eigenvalue weighted by atomic mass is 9.97. The highest BCUT2D eigenvalue weighted by atomic mass is 32.1. The molecule has 0 aromatic carbocycles. The molecule has 0 saturated carbocycles. The van der Waals surface area contributed by atoms with Crippen molar-refractivity contribution in [2.75, 3.05) is 23.3 Å². The SMILES string of the molecule is N#Cc1cccnc1N1CCCC(C(=O)Nc2nccs2)C1. The van der Waals surface area contributed by atoms with Crippen LogP contribution >= 0.6 is 11.3 Å². The number of pyridine rings is 1. The Kier molecular flexibility index (Phi) is 4.30. The molecule has 0 spiro atoms. The molecule has 112 valence electrons. The van der Waals surface area contributed by atoms with Crippen LogP contribution in [-0.2, 0) is 4.79 Å². The summed E-state index contributed by atoms with van der Waals surface area (Å²) in [6.45, 7) is 1.38. The number of aromatic nitrogens is 2. The van der Waals surface area contributed by atoms with Crippen molar-refractivity contribution in [3.05, 3.63) is 35.5 Å². The number of amides is 1. The van der Waals surface area contributed by atoms with Gasteiger partial charge in [0.05, 0.1) is 11.5 Å². The van der Waals surface area contributed by atoms with Gasteiger partial charge in [-0.1, -0.05) is 0 Å². The van der Waals surface area contributed by atoms with Crippen molar-refractivity contribution in [1.29, 1.82) is 5.26 Å². The number of carbonyl (C=O) groups excluding carboxylic acids is 1. The molecule has 2 aromatic rings. The van der Waals surface area contributed by atoms with E-state index in [0.29, 0.717) is 23.1 Å². The molecule has 2 aromatic heterocycles. The first kappa shape index (κ1) is 14.5. The van der Waals surface area contributed by atoms with Crippen molar-refractivity contribution in [3.8, 4) is 6.07 Å². The molecule has 1 aliphatic heterocycles. The Labute approximate surface area is 132 Å². The fourth-order valence-corrected chi connectivity index (χ4v) is 3.14. The minimum Gasteiger partial charge on any atom is -0.355 e. The van der Waals surface area contributed by atoms with Gasteiger partial charge in [-0.15, -0.1) is 11.3 Å². The van der Waals surface area contributed by atoms with Crippen LogP contribution in [-0.4, -0.2) is 29.0 Å². The van der Waals surface area contributed by atoms with Crippen LogP contribution in [0.3, 0.4) is 0 Å². The number of hydrogen-bond acceptors (Lipinski definition) is 6. The van der Waals surface area contributed by atoms with Crippen molar-refractivity contribution in [2.45, 2.75) is 12.8 Å². The van der Waals surface area contributed by atoms with Crippen molar-refractivity contribution < 1.29 is 4.79 Å². The average Bonchev–Trinajstić information content (AvgIpc) is 3.08. The molecule has 1 unspecified atom stereocenters. The predicted molar refractivity (Wildman–Crippen MR) is 84.6 cm³/mol. The van der Waals surface area contributed by atoms with Crippen molar-refractivity contribution in [1.82, 2.24) is 9.97 Å². The Balaban J connectivity index is 1.71. The van der Waals surface area contributed by atoms with Crippen LogP contribution in [0, 0.1) is 17.2 Å². The number of hydrogen-bond donors (Lipinski definition) is 1. The standard InChI is InChI=1S/C15H15N5OS/c16-9-11-3-1-5-17-13(11)20-7-2-4-12(10-20)14(21)19-15-18-6-8-22-15/h1,3,5-6,8,12H,2,4,7,10H2,(H,18,19,21). The third kappa shape index (κ3) is 3.07. The fraction of sp³-hybridized carbons (Fsp3) is 0.333. The predicted octanol–water partition coefficient (Wildman–Crippen LogP) is 2.26. The smallest absolute Gasteiger partial charge is 0.231 e. The molecule has 7 heteroatoms. The molecule has 1 atom stereocenters. The molecule has 0 aliphatic carbocycles. The minimum absolute atomic E-state index is 0.0194. The zero-order valence-corrected chi connectivity index (χ0v) is 12.7. The number of nitrogens with one attached hydrogen (secondary N) is 1. The fourth-order valence-electron chi connectivity index (χ4n) is 2.61. The summed E-state index contributed by atoms with van der Waals surface area (Å²) in [5.74, 6) is 0.525. The van der Waals surface area contributed by atoms with E-state index >= 15 is 0 Å². The Morgan fingerprint density at radius 1 is 1.45 bits per heavy atom. The highest BCUT2D eigenvalue weighted by Gasteiger charge is 2.28. The van der Waals surface area contributed by atoms with Gasteiger partial charge in [-0.2, -0.15) is 5.26 Å². The first-order valence-corrected chi connectivity index (χ1v) is 7.96. The van der Waals surface area contributed by atoms with Gasteiger partial charge in [0.25, 0.3) is 0 Å². The first-order chi connectivity index (χ1) is 10.8. The molecule has 1 aliphatic rings. The lowest BCUT2D eigenvalue weighted by Crippen LogP contribution is -2.41. The van der Waals surface area contributed by atoms with E-state index in [-0.39, 0.29) is 11.8 Å². The van der Waals surface area contributed by atoms with Gasteiger partial charge in [0.2, 0.25) is 5.91 Å². The minimum atomic E-state index is -0.119. The van der Waals surface area contributed by atoms with E-state index in [1.807, 2.05) is 10.3 Å². The summed E-state index contributed by atoms with van der Waals surface area (Å²) in [5, 5.41) is 14.5. The molecule has 22 heavy (non-hydrogen) atoms. The molecule has 3 rings (SSSR count). The Hall–Kier alpha value is -2.46. The van der Waals surface area contributed by atoms with Crippen LogP contribution in [0.25, 0.3) is 0 Å². The van der Waals surface area contributed by atoms with Gasteiger partial charge in [0, 0.05) is 30.9 Å². The maximum absolute atomic E-state index is 12.3. The van der Waals surface area contributed by atoms with Crippen LogP contribution in [0.15, 0.2) is 29.9 Å². The van der Waals surface area contributed by atoms with Gasteiger partial charge in [-0.25, -0.2) is 9.97 Å². The number of carbonyl (C=O) groups is 1. The molecular weight excluding hydrogens is 298 g/mol. The van der Waals surface area contributed by atoms with Crippen molar-refractivity contribution in [2.24, 2.45) is 5.92 Å². The van der Waals surface area contributed by atoms with Crippen molar-refractivity contribution >= 4 is 28.2 Å². The summed E-state index contributed by atoms with van der Waals surface area (Å²) in [4.78, 5) is 22.7. The number of nitriles is 1. The molecule has 3 heterocycles. The zero-order valence-electron chi connectivity index (χ0n) is 11.9. The van der Waals surface area contributed by atoms with Gasteiger partial charge in [0.15, 0.2) is 5.13 Å².